The lowest BCUT2D eigenvalue weighted by atomic mass is 9.73. The van der Waals surface area contributed by atoms with Gasteiger partial charge in [-0.15, -0.1) is 0 Å². The zero-order valence-electron chi connectivity index (χ0n) is 9.73. The number of carbonyl (C=O) groups is 1. The maximum absolute atomic E-state index is 11.4. The molecule has 0 heterocycles. The minimum Gasteiger partial charge on any atom is -0.385 e. The molecule has 90 valence electrons. The topological polar surface area (TPSA) is 55.8 Å². The fraction of sp³-hybridized carbons (Fsp3) is 0.750. The normalized spacial score (nSPS) is 38.4. The predicted molar refractivity (Wildman–Crippen MR) is 57.8 cm³/mol. The van der Waals surface area contributed by atoms with Crippen LogP contribution in [0.2, 0.25) is 0 Å². The molecule has 4 heteroatoms. The first kappa shape index (κ1) is 11.8. The molecular weight excluding hydrogens is 208 g/mol. The molecule has 1 saturated carbocycles. The fourth-order valence-corrected chi connectivity index (χ4v) is 2.78. The minimum atomic E-state index is -0.875. The van der Waals surface area contributed by atoms with Crippen LogP contribution >= 0.6 is 0 Å². The number of methoxy groups -OCH3 is 1. The molecule has 0 aromatic rings. The predicted octanol–water partition coefficient (Wildman–Crippen LogP) is 1.04. The van der Waals surface area contributed by atoms with E-state index in [4.69, 9.17) is 9.47 Å². The molecular formula is C12H18O4. The smallest absolute Gasteiger partial charge is 0.184 e. The average molecular weight is 226 g/mol. The number of hydrogen-bond acceptors (Lipinski definition) is 4. The quantitative estimate of drug-likeness (QED) is 0.730. The lowest BCUT2D eigenvalue weighted by Gasteiger charge is -2.36. The van der Waals surface area contributed by atoms with Crippen LogP contribution < -0.4 is 0 Å². The standard InChI is InChI=1S/C12H18O4/c1-12-6-10(14)9(13)5-8(12)3-4-11(12)16-7-15-2/h5,10-11,14H,3-4,6-7H2,1-2H3/t10-,11+,12+/m1/s1. The number of aliphatic hydroxyl groups is 1. The maximum Gasteiger partial charge on any atom is 0.184 e. The third-order valence-corrected chi connectivity index (χ3v) is 3.77. The van der Waals surface area contributed by atoms with Crippen LogP contribution in [-0.2, 0) is 14.3 Å². The lowest BCUT2D eigenvalue weighted by molar-refractivity contribution is -0.130. The van der Waals surface area contributed by atoms with Gasteiger partial charge in [-0.3, -0.25) is 4.79 Å². The van der Waals surface area contributed by atoms with Gasteiger partial charge >= 0.3 is 0 Å². The number of ketones is 1. The third-order valence-electron chi connectivity index (χ3n) is 3.77. The molecule has 0 aliphatic heterocycles. The van der Waals surface area contributed by atoms with Crippen molar-refractivity contribution >= 4 is 5.78 Å². The van der Waals surface area contributed by atoms with Gasteiger partial charge < -0.3 is 14.6 Å². The summed E-state index contributed by atoms with van der Waals surface area (Å²) in [6, 6.07) is 0. The van der Waals surface area contributed by atoms with E-state index in [0.717, 1.165) is 18.4 Å². The van der Waals surface area contributed by atoms with Crippen molar-refractivity contribution in [1.29, 1.82) is 0 Å². The van der Waals surface area contributed by atoms with E-state index in [0.29, 0.717) is 6.42 Å². The Labute approximate surface area is 95.2 Å². The van der Waals surface area contributed by atoms with Gasteiger partial charge in [-0.1, -0.05) is 12.5 Å². The summed E-state index contributed by atoms with van der Waals surface area (Å²) in [5, 5.41) is 9.65. The van der Waals surface area contributed by atoms with Crippen LogP contribution in [0.15, 0.2) is 11.6 Å². The van der Waals surface area contributed by atoms with Gasteiger partial charge in [-0.25, -0.2) is 0 Å². The van der Waals surface area contributed by atoms with Crippen molar-refractivity contribution in [3.05, 3.63) is 11.6 Å². The molecule has 0 spiro atoms. The zero-order valence-corrected chi connectivity index (χ0v) is 9.73. The Morgan fingerprint density at radius 3 is 3.06 bits per heavy atom. The Morgan fingerprint density at radius 1 is 1.62 bits per heavy atom. The molecule has 2 aliphatic rings. The Morgan fingerprint density at radius 2 is 2.38 bits per heavy atom. The summed E-state index contributed by atoms with van der Waals surface area (Å²) in [6.07, 6.45) is 3.01. The van der Waals surface area contributed by atoms with Crippen molar-refractivity contribution in [2.75, 3.05) is 13.9 Å². The molecule has 2 aliphatic carbocycles. The molecule has 3 atom stereocenters. The largest absolute Gasteiger partial charge is 0.385 e. The molecule has 1 N–H and O–H groups in total. The van der Waals surface area contributed by atoms with Gasteiger partial charge in [-0.2, -0.15) is 0 Å². The van der Waals surface area contributed by atoms with Crippen LogP contribution in [-0.4, -0.2) is 37.0 Å². The molecule has 1 fully saturated rings. The number of aliphatic hydroxyl groups excluding tert-OH is 1. The summed E-state index contributed by atoms with van der Waals surface area (Å²) in [4.78, 5) is 11.4. The highest BCUT2D eigenvalue weighted by Crippen LogP contribution is 2.49. The number of fused-ring (bicyclic) bond motifs is 1. The van der Waals surface area contributed by atoms with Crippen molar-refractivity contribution in [3.8, 4) is 0 Å². The van der Waals surface area contributed by atoms with Crippen molar-refractivity contribution in [2.45, 2.75) is 38.4 Å². The molecule has 0 aromatic heterocycles. The number of ether oxygens (including phenoxy) is 2. The van der Waals surface area contributed by atoms with Gasteiger partial charge in [0.05, 0.1) is 6.10 Å². The fourth-order valence-electron chi connectivity index (χ4n) is 2.78. The van der Waals surface area contributed by atoms with Crippen LogP contribution in [0.4, 0.5) is 0 Å². The second kappa shape index (κ2) is 4.28. The first-order valence-corrected chi connectivity index (χ1v) is 5.61. The summed E-state index contributed by atoms with van der Waals surface area (Å²) in [7, 11) is 1.59. The van der Waals surface area contributed by atoms with Gasteiger partial charge in [0.2, 0.25) is 0 Å². The SMILES string of the molecule is COCO[C@H]1CCC2=CC(=O)[C@H](O)C[C@@]21C. The van der Waals surface area contributed by atoms with Gasteiger partial charge in [0.1, 0.15) is 12.9 Å². The van der Waals surface area contributed by atoms with Gasteiger partial charge in [0, 0.05) is 12.5 Å². The molecule has 2 rings (SSSR count). The maximum atomic E-state index is 11.4. The first-order chi connectivity index (χ1) is 7.58. The van der Waals surface area contributed by atoms with Gasteiger partial charge in [0.15, 0.2) is 5.78 Å². The van der Waals surface area contributed by atoms with Gasteiger partial charge in [-0.05, 0) is 25.3 Å². The summed E-state index contributed by atoms with van der Waals surface area (Å²) in [5.41, 5.74) is 0.912. The summed E-state index contributed by atoms with van der Waals surface area (Å²) in [6.45, 7) is 2.32. The number of hydrogen-bond donors (Lipinski definition) is 1. The molecule has 0 bridgehead atoms. The van der Waals surface area contributed by atoms with E-state index in [1.807, 2.05) is 0 Å². The van der Waals surface area contributed by atoms with Crippen LogP contribution in [0.1, 0.15) is 26.2 Å². The lowest BCUT2D eigenvalue weighted by Crippen LogP contribution is -2.40. The highest BCUT2D eigenvalue weighted by atomic mass is 16.7. The van der Waals surface area contributed by atoms with Crippen LogP contribution in [0, 0.1) is 5.41 Å². The molecule has 0 saturated heterocycles. The monoisotopic (exact) mass is 226 g/mol. The first-order valence-electron chi connectivity index (χ1n) is 5.61. The molecule has 16 heavy (non-hydrogen) atoms. The summed E-state index contributed by atoms with van der Waals surface area (Å²) >= 11 is 0. The third kappa shape index (κ3) is 1.81. The minimum absolute atomic E-state index is 0.0430. The van der Waals surface area contributed by atoms with Crippen LogP contribution in [0.3, 0.4) is 0 Å². The number of rotatable bonds is 3. The second-order valence-electron chi connectivity index (χ2n) is 4.81. The van der Waals surface area contributed by atoms with E-state index in [1.54, 1.807) is 13.2 Å². The van der Waals surface area contributed by atoms with Crippen molar-refractivity contribution in [2.24, 2.45) is 5.41 Å². The van der Waals surface area contributed by atoms with Crippen molar-refractivity contribution in [3.63, 3.8) is 0 Å². The summed E-state index contributed by atoms with van der Waals surface area (Å²) < 4.78 is 10.5. The molecule has 4 nitrogen and oxygen atoms in total. The Hall–Kier alpha value is -0.710. The highest BCUT2D eigenvalue weighted by molar-refractivity contribution is 5.95. The summed E-state index contributed by atoms with van der Waals surface area (Å²) in [5.74, 6) is -0.167. The molecule has 0 unspecified atom stereocenters. The zero-order chi connectivity index (χ0) is 11.8. The van der Waals surface area contributed by atoms with Crippen molar-refractivity contribution in [1.82, 2.24) is 0 Å². The van der Waals surface area contributed by atoms with E-state index >= 15 is 0 Å². The van der Waals surface area contributed by atoms with Gasteiger partial charge in [0.25, 0.3) is 0 Å². The highest BCUT2D eigenvalue weighted by Gasteiger charge is 2.48. The van der Waals surface area contributed by atoms with Crippen LogP contribution in [0.25, 0.3) is 0 Å². The molecule has 0 radical (unpaired) electrons. The van der Waals surface area contributed by atoms with Crippen LogP contribution in [0.5, 0.6) is 0 Å². The second-order valence-corrected chi connectivity index (χ2v) is 4.81. The molecule has 0 amide bonds. The Balaban J connectivity index is 2.17. The molecule has 0 aromatic carbocycles. The van der Waals surface area contributed by atoms with E-state index in [-0.39, 0.29) is 24.1 Å². The van der Waals surface area contributed by atoms with E-state index in [2.05, 4.69) is 6.92 Å². The van der Waals surface area contributed by atoms with E-state index in [9.17, 15) is 9.90 Å². The number of carbonyl (C=O) groups excluding carboxylic acids is 1. The Bertz CT molecular complexity index is 323. The van der Waals surface area contributed by atoms with E-state index in [1.165, 1.54) is 0 Å². The van der Waals surface area contributed by atoms with E-state index < -0.39 is 6.10 Å². The van der Waals surface area contributed by atoms with Crippen molar-refractivity contribution < 1.29 is 19.4 Å². The Kier molecular flexibility index (Phi) is 3.15. The average Bonchev–Trinajstić information content (AvgIpc) is 2.53.